The number of hydrogen-bond acceptors (Lipinski definition) is 1. The highest BCUT2D eigenvalue weighted by molar-refractivity contribution is 9.10. The fourth-order valence-corrected chi connectivity index (χ4v) is 2.83. The number of halogens is 1. The third kappa shape index (κ3) is 4.78. The first-order chi connectivity index (χ1) is 9.79. The van der Waals surface area contributed by atoms with Gasteiger partial charge in [0.2, 0.25) is 0 Å². The van der Waals surface area contributed by atoms with Crippen molar-refractivity contribution in [3.05, 3.63) is 53.0 Å². The quantitative estimate of drug-likeness (QED) is 0.591. The van der Waals surface area contributed by atoms with Gasteiger partial charge in [0, 0.05) is 29.3 Å². The Hall–Kier alpha value is -1.09. The lowest BCUT2D eigenvalue weighted by Gasteiger charge is -2.18. The highest BCUT2D eigenvalue weighted by Crippen LogP contribution is 2.26. The van der Waals surface area contributed by atoms with Gasteiger partial charge in [0.05, 0.1) is 6.33 Å². The topological polar surface area (TPSA) is 17.8 Å². The third-order valence-corrected chi connectivity index (χ3v) is 4.27. The molecule has 2 nitrogen and oxygen atoms in total. The molecule has 2 aromatic rings. The summed E-state index contributed by atoms with van der Waals surface area (Å²) in [4.78, 5) is 4.15. The second-order valence-corrected chi connectivity index (χ2v) is 6.27. The van der Waals surface area contributed by atoms with Crippen molar-refractivity contribution in [3.8, 4) is 0 Å². The van der Waals surface area contributed by atoms with Gasteiger partial charge in [0.15, 0.2) is 0 Å². The second kappa shape index (κ2) is 8.25. The van der Waals surface area contributed by atoms with Gasteiger partial charge in [-0.2, -0.15) is 0 Å². The van der Waals surface area contributed by atoms with Crippen LogP contribution in [0.25, 0.3) is 0 Å². The standard InChI is InChI=1S/C17H23BrN2/c1-2-3-4-5-6-16(13-20-12-11-19-14-20)15-7-9-17(18)10-8-15/h7-12,14,16H,2-6,13H2,1H3/t16-/m0/s1. The molecule has 0 N–H and O–H groups in total. The number of benzene rings is 1. The van der Waals surface area contributed by atoms with E-state index in [9.17, 15) is 0 Å². The summed E-state index contributed by atoms with van der Waals surface area (Å²) in [6, 6.07) is 8.77. The molecule has 108 valence electrons. The Morgan fingerprint density at radius 3 is 2.60 bits per heavy atom. The lowest BCUT2D eigenvalue weighted by atomic mass is 9.93. The van der Waals surface area contributed by atoms with Gasteiger partial charge in [0.25, 0.3) is 0 Å². The van der Waals surface area contributed by atoms with Gasteiger partial charge < -0.3 is 4.57 Å². The van der Waals surface area contributed by atoms with Crippen LogP contribution in [0.1, 0.15) is 50.5 Å². The van der Waals surface area contributed by atoms with Gasteiger partial charge in [-0.3, -0.25) is 0 Å². The molecule has 3 heteroatoms. The lowest BCUT2D eigenvalue weighted by Crippen LogP contribution is -2.08. The smallest absolute Gasteiger partial charge is 0.0946 e. The fourth-order valence-electron chi connectivity index (χ4n) is 2.57. The summed E-state index contributed by atoms with van der Waals surface area (Å²) in [6.07, 6.45) is 12.4. The number of nitrogens with zero attached hydrogens (tertiary/aromatic N) is 2. The van der Waals surface area contributed by atoms with E-state index in [0.717, 1.165) is 11.0 Å². The molecule has 1 atom stereocenters. The third-order valence-electron chi connectivity index (χ3n) is 3.74. The molecule has 1 heterocycles. The van der Waals surface area contributed by atoms with Gasteiger partial charge in [-0.25, -0.2) is 4.98 Å². The molecule has 0 radical (unpaired) electrons. The average molecular weight is 335 g/mol. The van der Waals surface area contributed by atoms with E-state index in [1.165, 1.54) is 37.7 Å². The van der Waals surface area contributed by atoms with E-state index >= 15 is 0 Å². The number of unbranched alkanes of at least 4 members (excludes halogenated alkanes) is 3. The lowest BCUT2D eigenvalue weighted by molar-refractivity contribution is 0.491. The van der Waals surface area contributed by atoms with Crippen molar-refractivity contribution in [2.24, 2.45) is 0 Å². The van der Waals surface area contributed by atoms with Crippen LogP contribution in [-0.2, 0) is 6.54 Å². The van der Waals surface area contributed by atoms with E-state index in [0.29, 0.717) is 5.92 Å². The van der Waals surface area contributed by atoms with Crippen LogP contribution in [0, 0.1) is 0 Å². The van der Waals surface area contributed by atoms with Crippen LogP contribution in [0.3, 0.4) is 0 Å². The van der Waals surface area contributed by atoms with E-state index in [4.69, 9.17) is 0 Å². The molecular weight excluding hydrogens is 312 g/mol. The van der Waals surface area contributed by atoms with Gasteiger partial charge >= 0.3 is 0 Å². The molecular formula is C17H23BrN2. The summed E-state index contributed by atoms with van der Waals surface area (Å²) in [6.45, 7) is 3.28. The van der Waals surface area contributed by atoms with E-state index < -0.39 is 0 Å². The minimum atomic E-state index is 0.578. The first-order valence-electron chi connectivity index (χ1n) is 7.50. The Morgan fingerprint density at radius 1 is 1.15 bits per heavy atom. The van der Waals surface area contributed by atoms with Crippen LogP contribution < -0.4 is 0 Å². The number of rotatable bonds is 8. The maximum atomic E-state index is 4.15. The number of hydrogen-bond donors (Lipinski definition) is 0. The van der Waals surface area contributed by atoms with Crippen LogP contribution in [0.2, 0.25) is 0 Å². The maximum absolute atomic E-state index is 4.15. The first kappa shape index (κ1) is 15.3. The summed E-state index contributed by atoms with van der Waals surface area (Å²) in [5.74, 6) is 0.578. The molecule has 20 heavy (non-hydrogen) atoms. The Morgan fingerprint density at radius 2 is 1.95 bits per heavy atom. The predicted molar refractivity (Wildman–Crippen MR) is 87.9 cm³/mol. The molecule has 0 saturated heterocycles. The largest absolute Gasteiger partial charge is 0.337 e. The minimum Gasteiger partial charge on any atom is -0.337 e. The van der Waals surface area contributed by atoms with Crippen LogP contribution in [0.15, 0.2) is 47.5 Å². The summed E-state index contributed by atoms with van der Waals surface area (Å²) in [5, 5.41) is 0. The predicted octanol–water partition coefficient (Wildman–Crippen LogP) is 5.40. The Labute approximate surface area is 130 Å². The van der Waals surface area contributed by atoms with Crippen molar-refractivity contribution in [2.75, 3.05) is 0 Å². The van der Waals surface area contributed by atoms with Crippen LogP contribution in [-0.4, -0.2) is 9.55 Å². The van der Waals surface area contributed by atoms with Crippen molar-refractivity contribution in [1.29, 1.82) is 0 Å². The Balaban J connectivity index is 2.00. The zero-order chi connectivity index (χ0) is 14.2. The van der Waals surface area contributed by atoms with Crippen LogP contribution >= 0.6 is 15.9 Å². The monoisotopic (exact) mass is 334 g/mol. The van der Waals surface area contributed by atoms with Gasteiger partial charge in [-0.15, -0.1) is 0 Å². The molecule has 0 unspecified atom stereocenters. The SMILES string of the molecule is CCCCCC[C@@H](Cn1ccnc1)c1ccc(Br)cc1. The second-order valence-electron chi connectivity index (χ2n) is 5.36. The van der Waals surface area contributed by atoms with Crippen molar-refractivity contribution in [3.63, 3.8) is 0 Å². The highest BCUT2D eigenvalue weighted by atomic mass is 79.9. The number of aromatic nitrogens is 2. The molecule has 2 rings (SSSR count). The van der Waals surface area contributed by atoms with Gasteiger partial charge in [-0.05, 0) is 24.1 Å². The fraction of sp³-hybridized carbons (Fsp3) is 0.471. The normalized spacial score (nSPS) is 12.5. The van der Waals surface area contributed by atoms with E-state index in [1.807, 2.05) is 12.5 Å². The highest BCUT2D eigenvalue weighted by Gasteiger charge is 2.12. The Bertz CT molecular complexity index is 476. The number of imidazole rings is 1. The average Bonchev–Trinajstić information content (AvgIpc) is 2.96. The molecule has 0 bridgehead atoms. The molecule has 0 saturated carbocycles. The first-order valence-corrected chi connectivity index (χ1v) is 8.30. The van der Waals surface area contributed by atoms with Crippen molar-refractivity contribution in [1.82, 2.24) is 9.55 Å². The zero-order valence-corrected chi connectivity index (χ0v) is 13.7. The van der Waals surface area contributed by atoms with Gasteiger partial charge in [0.1, 0.15) is 0 Å². The van der Waals surface area contributed by atoms with Crippen molar-refractivity contribution in [2.45, 2.75) is 51.5 Å². The Kier molecular flexibility index (Phi) is 6.31. The van der Waals surface area contributed by atoms with Crippen molar-refractivity contribution >= 4 is 15.9 Å². The molecule has 1 aromatic heterocycles. The van der Waals surface area contributed by atoms with Crippen molar-refractivity contribution < 1.29 is 0 Å². The summed E-state index contributed by atoms with van der Waals surface area (Å²) in [7, 11) is 0. The van der Waals surface area contributed by atoms with E-state index in [2.05, 4.69) is 62.9 Å². The van der Waals surface area contributed by atoms with Gasteiger partial charge in [-0.1, -0.05) is 60.7 Å². The summed E-state index contributed by atoms with van der Waals surface area (Å²) >= 11 is 3.51. The maximum Gasteiger partial charge on any atom is 0.0946 e. The molecule has 0 fully saturated rings. The molecule has 0 aliphatic rings. The molecule has 0 aliphatic heterocycles. The van der Waals surface area contributed by atoms with Crippen LogP contribution in [0.5, 0.6) is 0 Å². The van der Waals surface area contributed by atoms with Crippen LogP contribution in [0.4, 0.5) is 0 Å². The molecule has 0 amide bonds. The zero-order valence-electron chi connectivity index (χ0n) is 12.1. The molecule has 0 spiro atoms. The molecule has 0 aliphatic carbocycles. The summed E-state index contributed by atoms with van der Waals surface area (Å²) in [5.41, 5.74) is 1.43. The minimum absolute atomic E-state index is 0.578. The van der Waals surface area contributed by atoms with E-state index in [1.54, 1.807) is 0 Å². The van der Waals surface area contributed by atoms with E-state index in [-0.39, 0.29) is 0 Å². The molecule has 1 aromatic carbocycles. The summed E-state index contributed by atoms with van der Waals surface area (Å²) < 4.78 is 3.33.